The number of nitro benzene ring substituents is 1. The Kier molecular flexibility index (Phi) is 4.61. The second-order valence-electron chi connectivity index (χ2n) is 6.19. The quantitative estimate of drug-likeness (QED) is 0.348. The Hall–Kier alpha value is -2.26. The summed E-state index contributed by atoms with van der Waals surface area (Å²) in [6.45, 7) is 0.560. The molecular weight excluding hydrogens is 348 g/mol. The van der Waals surface area contributed by atoms with Gasteiger partial charge in [-0.1, -0.05) is 11.1 Å². The SMILES string of the molecule is COC(=O)C1CCC2=C(C1)CN(S(=O)(=O)c1ccc([N+](=O)[O-])cc1)C2. The van der Waals surface area contributed by atoms with E-state index in [1.807, 2.05) is 0 Å². The summed E-state index contributed by atoms with van der Waals surface area (Å²) in [5.74, 6) is -0.478. The molecule has 0 amide bonds. The molecule has 0 saturated carbocycles. The van der Waals surface area contributed by atoms with E-state index >= 15 is 0 Å². The number of nitro groups is 1. The van der Waals surface area contributed by atoms with Gasteiger partial charge >= 0.3 is 5.97 Å². The van der Waals surface area contributed by atoms with E-state index in [0.717, 1.165) is 11.1 Å². The van der Waals surface area contributed by atoms with Crippen molar-refractivity contribution >= 4 is 21.7 Å². The third kappa shape index (κ3) is 3.29. The van der Waals surface area contributed by atoms with Gasteiger partial charge in [-0.25, -0.2) is 8.42 Å². The first-order valence-corrected chi connectivity index (χ1v) is 9.29. The summed E-state index contributed by atoms with van der Waals surface area (Å²) in [5, 5.41) is 10.7. The van der Waals surface area contributed by atoms with E-state index in [-0.39, 0.29) is 29.0 Å². The van der Waals surface area contributed by atoms with E-state index in [9.17, 15) is 23.3 Å². The number of carbonyl (C=O) groups excluding carboxylic acids is 1. The zero-order valence-corrected chi connectivity index (χ0v) is 14.5. The molecule has 0 aromatic heterocycles. The van der Waals surface area contributed by atoms with Gasteiger partial charge in [-0.15, -0.1) is 0 Å². The smallest absolute Gasteiger partial charge is 0.308 e. The summed E-state index contributed by atoms with van der Waals surface area (Å²) in [4.78, 5) is 21.9. The minimum atomic E-state index is -3.73. The Balaban J connectivity index is 1.76. The first-order valence-electron chi connectivity index (χ1n) is 7.85. The van der Waals surface area contributed by atoms with Crippen molar-refractivity contribution < 1.29 is 22.9 Å². The molecule has 1 heterocycles. The van der Waals surface area contributed by atoms with Crippen LogP contribution in [0.25, 0.3) is 0 Å². The Morgan fingerprint density at radius 3 is 2.48 bits per heavy atom. The van der Waals surface area contributed by atoms with Crippen molar-refractivity contribution in [1.29, 1.82) is 0 Å². The second-order valence-corrected chi connectivity index (χ2v) is 8.13. The van der Waals surface area contributed by atoms with Crippen molar-refractivity contribution in [3.8, 4) is 0 Å². The molecule has 25 heavy (non-hydrogen) atoms. The van der Waals surface area contributed by atoms with Crippen LogP contribution in [0.3, 0.4) is 0 Å². The lowest BCUT2D eigenvalue weighted by atomic mass is 9.85. The maximum absolute atomic E-state index is 12.8. The van der Waals surface area contributed by atoms with E-state index in [0.29, 0.717) is 25.8 Å². The normalized spacial score (nSPS) is 21.1. The number of hydrogen-bond acceptors (Lipinski definition) is 6. The average Bonchev–Trinajstić information content (AvgIpc) is 3.05. The van der Waals surface area contributed by atoms with Crippen molar-refractivity contribution in [3.63, 3.8) is 0 Å². The third-order valence-corrected chi connectivity index (χ3v) is 6.55. The number of ether oxygens (including phenoxy) is 1. The number of nitrogens with zero attached hydrogens (tertiary/aromatic N) is 2. The predicted molar refractivity (Wildman–Crippen MR) is 88.2 cm³/mol. The third-order valence-electron chi connectivity index (χ3n) is 4.74. The molecule has 1 aliphatic carbocycles. The van der Waals surface area contributed by atoms with Crippen LogP contribution in [0.5, 0.6) is 0 Å². The zero-order valence-electron chi connectivity index (χ0n) is 13.7. The van der Waals surface area contributed by atoms with E-state index in [1.54, 1.807) is 0 Å². The Labute approximate surface area is 145 Å². The maximum Gasteiger partial charge on any atom is 0.308 e. The molecule has 9 heteroatoms. The lowest BCUT2D eigenvalue weighted by molar-refractivity contribution is -0.384. The first kappa shape index (κ1) is 17.6. The van der Waals surface area contributed by atoms with Gasteiger partial charge in [0.15, 0.2) is 0 Å². The van der Waals surface area contributed by atoms with Crippen LogP contribution >= 0.6 is 0 Å². The predicted octanol–water partition coefficient (Wildman–Crippen LogP) is 1.87. The number of methoxy groups -OCH3 is 1. The molecule has 0 radical (unpaired) electrons. The van der Waals surface area contributed by atoms with Crippen molar-refractivity contribution in [2.75, 3.05) is 20.2 Å². The Morgan fingerprint density at radius 1 is 1.24 bits per heavy atom. The van der Waals surface area contributed by atoms with Crippen LogP contribution in [-0.2, 0) is 19.6 Å². The lowest BCUT2D eigenvalue weighted by Crippen LogP contribution is -2.29. The minimum absolute atomic E-state index is 0.0301. The fourth-order valence-corrected chi connectivity index (χ4v) is 4.77. The summed E-state index contributed by atoms with van der Waals surface area (Å²) in [5.41, 5.74) is 1.89. The number of sulfonamides is 1. The van der Waals surface area contributed by atoms with Gasteiger partial charge < -0.3 is 4.74 Å². The monoisotopic (exact) mass is 366 g/mol. The van der Waals surface area contributed by atoms with Gasteiger partial charge in [0.05, 0.1) is 22.8 Å². The van der Waals surface area contributed by atoms with Gasteiger partial charge in [0, 0.05) is 25.2 Å². The van der Waals surface area contributed by atoms with Gasteiger partial charge in [-0.05, 0) is 31.4 Å². The van der Waals surface area contributed by atoms with Crippen molar-refractivity contribution in [2.45, 2.75) is 24.2 Å². The topological polar surface area (TPSA) is 107 Å². The van der Waals surface area contributed by atoms with Gasteiger partial charge in [-0.2, -0.15) is 4.31 Å². The largest absolute Gasteiger partial charge is 0.469 e. The molecule has 1 atom stereocenters. The van der Waals surface area contributed by atoms with Crippen LogP contribution in [0.4, 0.5) is 5.69 Å². The van der Waals surface area contributed by atoms with Gasteiger partial charge in [0.1, 0.15) is 0 Å². The molecule has 3 rings (SSSR count). The molecule has 8 nitrogen and oxygen atoms in total. The molecule has 1 aliphatic heterocycles. The molecular formula is C16H18N2O6S. The lowest BCUT2D eigenvalue weighted by Gasteiger charge is -2.20. The summed E-state index contributed by atoms with van der Waals surface area (Å²) < 4.78 is 31.7. The van der Waals surface area contributed by atoms with E-state index < -0.39 is 14.9 Å². The number of esters is 1. The highest BCUT2D eigenvalue weighted by Gasteiger charge is 2.36. The van der Waals surface area contributed by atoms with E-state index in [2.05, 4.69) is 0 Å². The first-order chi connectivity index (χ1) is 11.8. The number of benzene rings is 1. The molecule has 2 aliphatic rings. The van der Waals surface area contributed by atoms with Crippen LogP contribution in [0.1, 0.15) is 19.3 Å². The molecule has 1 aromatic rings. The summed E-state index contributed by atoms with van der Waals surface area (Å²) in [7, 11) is -2.38. The highest BCUT2D eigenvalue weighted by Crippen LogP contribution is 2.37. The van der Waals surface area contributed by atoms with Crippen molar-refractivity contribution in [2.24, 2.45) is 5.92 Å². The highest BCUT2D eigenvalue weighted by molar-refractivity contribution is 7.89. The highest BCUT2D eigenvalue weighted by atomic mass is 32.2. The minimum Gasteiger partial charge on any atom is -0.469 e. The van der Waals surface area contributed by atoms with E-state index in [1.165, 1.54) is 35.7 Å². The van der Waals surface area contributed by atoms with Gasteiger partial charge in [-0.3, -0.25) is 14.9 Å². The second kappa shape index (κ2) is 6.57. The molecule has 1 unspecified atom stereocenters. The molecule has 0 spiro atoms. The number of carbonyl (C=O) groups is 1. The zero-order chi connectivity index (χ0) is 18.2. The Bertz CT molecular complexity index is 844. The molecule has 0 bridgehead atoms. The Morgan fingerprint density at radius 2 is 1.88 bits per heavy atom. The molecule has 0 fully saturated rings. The maximum atomic E-state index is 12.8. The molecule has 0 saturated heterocycles. The van der Waals surface area contributed by atoms with Crippen LogP contribution in [0.2, 0.25) is 0 Å². The fourth-order valence-electron chi connectivity index (χ4n) is 3.34. The van der Waals surface area contributed by atoms with Crippen LogP contribution in [0, 0.1) is 16.0 Å². The molecule has 1 aromatic carbocycles. The number of hydrogen-bond donors (Lipinski definition) is 0. The standard InChI is InChI=1S/C16H18N2O6S/c1-24-16(19)11-2-3-12-9-17(10-13(12)8-11)25(22,23)15-6-4-14(5-7-15)18(20)21/h4-7,11H,2-3,8-10H2,1H3. The van der Waals surface area contributed by atoms with Crippen LogP contribution in [-0.4, -0.2) is 43.8 Å². The van der Waals surface area contributed by atoms with Gasteiger partial charge in [0.25, 0.3) is 5.69 Å². The number of non-ortho nitro benzene ring substituents is 1. The summed E-state index contributed by atoms with van der Waals surface area (Å²) >= 11 is 0. The molecule has 134 valence electrons. The van der Waals surface area contributed by atoms with Crippen molar-refractivity contribution in [3.05, 3.63) is 45.5 Å². The van der Waals surface area contributed by atoms with E-state index in [4.69, 9.17) is 4.74 Å². The summed E-state index contributed by atoms with van der Waals surface area (Å²) in [6, 6.07) is 4.87. The van der Waals surface area contributed by atoms with Crippen LogP contribution < -0.4 is 0 Å². The van der Waals surface area contributed by atoms with Crippen molar-refractivity contribution in [1.82, 2.24) is 4.31 Å². The summed E-state index contributed by atoms with van der Waals surface area (Å²) in [6.07, 6.45) is 1.87. The fraction of sp³-hybridized carbons (Fsp3) is 0.438. The van der Waals surface area contributed by atoms with Gasteiger partial charge in [0.2, 0.25) is 10.0 Å². The number of rotatable bonds is 4. The molecule has 0 N–H and O–H groups in total. The average molecular weight is 366 g/mol. The van der Waals surface area contributed by atoms with Crippen LogP contribution in [0.15, 0.2) is 40.3 Å².